The maximum absolute atomic E-state index is 2.70. The summed E-state index contributed by atoms with van der Waals surface area (Å²) in [4.78, 5) is 2.70. The largest absolute Gasteiger partial charge is 0.366 e. The van der Waals surface area contributed by atoms with E-state index in [1.807, 2.05) is 0 Å². The van der Waals surface area contributed by atoms with Gasteiger partial charge in [0.25, 0.3) is 0 Å². The monoisotopic (exact) mass is 257 g/mol. The van der Waals surface area contributed by atoms with Gasteiger partial charge in [-0.2, -0.15) is 0 Å². The molecular weight excluding hydrogens is 230 g/mol. The fourth-order valence-corrected chi connectivity index (χ4v) is 4.60. The van der Waals surface area contributed by atoms with Crippen molar-refractivity contribution in [2.45, 2.75) is 65.8 Å². The van der Waals surface area contributed by atoms with Crippen molar-refractivity contribution in [2.24, 2.45) is 5.41 Å². The highest BCUT2D eigenvalue weighted by Crippen LogP contribution is 2.46. The number of hydrogen-bond donors (Lipinski definition) is 0. The van der Waals surface area contributed by atoms with Crippen LogP contribution in [0.5, 0.6) is 0 Å². The van der Waals surface area contributed by atoms with E-state index in [1.54, 1.807) is 16.8 Å². The minimum atomic E-state index is 0.277. The molecule has 1 aromatic carbocycles. The lowest BCUT2D eigenvalue weighted by Crippen LogP contribution is -2.48. The van der Waals surface area contributed by atoms with E-state index >= 15 is 0 Å². The van der Waals surface area contributed by atoms with Gasteiger partial charge in [-0.1, -0.05) is 31.5 Å². The molecule has 1 heteroatoms. The highest BCUT2D eigenvalue weighted by molar-refractivity contribution is 5.65. The zero-order chi connectivity index (χ0) is 13.8. The normalized spacial score (nSPS) is 23.7. The molecule has 2 aliphatic rings. The maximum Gasteiger partial charge on any atom is 0.0436 e. The molecule has 3 rings (SSSR count). The first-order chi connectivity index (χ1) is 8.78. The van der Waals surface area contributed by atoms with Crippen molar-refractivity contribution in [3.05, 3.63) is 28.8 Å². The number of anilines is 1. The third-order valence-corrected chi connectivity index (χ3v) is 4.82. The molecule has 0 amide bonds. The fraction of sp³-hybridized carbons (Fsp3) is 0.667. The smallest absolute Gasteiger partial charge is 0.0436 e. The van der Waals surface area contributed by atoms with Crippen LogP contribution in [0.25, 0.3) is 0 Å². The van der Waals surface area contributed by atoms with E-state index in [4.69, 9.17) is 0 Å². The molecule has 0 saturated carbocycles. The van der Waals surface area contributed by atoms with Gasteiger partial charge in [0.2, 0.25) is 0 Å². The average molecular weight is 257 g/mol. The van der Waals surface area contributed by atoms with Crippen LogP contribution in [0.15, 0.2) is 12.1 Å². The highest BCUT2D eigenvalue weighted by atomic mass is 15.2. The summed E-state index contributed by atoms with van der Waals surface area (Å²) < 4.78 is 0. The minimum Gasteiger partial charge on any atom is -0.366 e. The van der Waals surface area contributed by atoms with Gasteiger partial charge in [0.15, 0.2) is 0 Å². The van der Waals surface area contributed by atoms with Gasteiger partial charge in [0.1, 0.15) is 0 Å². The van der Waals surface area contributed by atoms with Gasteiger partial charge in [-0.25, -0.2) is 0 Å². The molecule has 0 N–H and O–H groups in total. The van der Waals surface area contributed by atoms with Gasteiger partial charge in [0, 0.05) is 17.8 Å². The van der Waals surface area contributed by atoms with Crippen molar-refractivity contribution in [1.82, 2.24) is 0 Å². The van der Waals surface area contributed by atoms with Crippen LogP contribution in [0.4, 0.5) is 5.69 Å². The summed E-state index contributed by atoms with van der Waals surface area (Å²) in [5.41, 5.74) is 6.86. The minimum absolute atomic E-state index is 0.277. The third kappa shape index (κ3) is 2.17. The molecule has 2 heterocycles. The first kappa shape index (κ1) is 13.0. The van der Waals surface area contributed by atoms with Crippen LogP contribution in [0.3, 0.4) is 0 Å². The Kier molecular flexibility index (Phi) is 2.75. The Labute approximate surface area is 118 Å². The Bertz CT molecular complexity index is 511. The lowest BCUT2D eigenvalue weighted by atomic mass is 9.77. The summed E-state index contributed by atoms with van der Waals surface area (Å²) in [5.74, 6) is 0. The van der Waals surface area contributed by atoms with Gasteiger partial charge in [0.05, 0.1) is 0 Å². The van der Waals surface area contributed by atoms with E-state index in [9.17, 15) is 0 Å². The molecular formula is C18H27N. The first-order valence-corrected chi connectivity index (χ1v) is 7.69. The van der Waals surface area contributed by atoms with Crippen LogP contribution in [-0.2, 0) is 12.8 Å². The Morgan fingerprint density at radius 1 is 1.05 bits per heavy atom. The summed E-state index contributed by atoms with van der Waals surface area (Å²) in [7, 11) is 0. The van der Waals surface area contributed by atoms with Gasteiger partial charge in [-0.3, -0.25) is 0 Å². The second kappa shape index (κ2) is 4.01. The van der Waals surface area contributed by atoms with Crippen LogP contribution in [0.1, 0.15) is 57.2 Å². The number of rotatable bonds is 0. The number of benzene rings is 1. The second-order valence-corrected chi connectivity index (χ2v) is 8.02. The topological polar surface area (TPSA) is 3.24 Å². The van der Waals surface area contributed by atoms with Crippen molar-refractivity contribution in [1.29, 1.82) is 0 Å². The number of nitrogens with zero attached hydrogens (tertiary/aromatic N) is 1. The second-order valence-electron chi connectivity index (χ2n) is 8.02. The molecule has 0 bridgehead atoms. The predicted molar refractivity (Wildman–Crippen MR) is 83.0 cm³/mol. The standard InChI is InChI=1S/C18H27N/c1-13-9-14-7-6-8-19-16(14)15(10-13)11-17(2,3)12-18(19,4)5/h9-10H,6-8,11-12H2,1-5H3. The Morgan fingerprint density at radius 2 is 1.74 bits per heavy atom. The van der Waals surface area contributed by atoms with Gasteiger partial charge >= 0.3 is 0 Å². The molecule has 0 aliphatic carbocycles. The van der Waals surface area contributed by atoms with E-state index in [0.717, 1.165) is 0 Å². The zero-order valence-corrected chi connectivity index (χ0v) is 13.1. The summed E-state index contributed by atoms with van der Waals surface area (Å²) in [6.45, 7) is 13.2. The van der Waals surface area contributed by atoms with Crippen LogP contribution < -0.4 is 4.90 Å². The van der Waals surface area contributed by atoms with Crippen LogP contribution in [0.2, 0.25) is 0 Å². The molecule has 2 aliphatic heterocycles. The molecule has 1 nitrogen and oxygen atoms in total. The molecule has 0 unspecified atom stereocenters. The molecule has 0 saturated heterocycles. The van der Waals surface area contributed by atoms with Gasteiger partial charge in [-0.15, -0.1) is 0 Å². The molecule has 104 valence electrons. The summed E-state index contributed by atoms with van der Waals surface area (Å²) >= 11 is 0. The fourth-order valence-electron chi connectivity index (χ4n) is 4.60. The lowest BCUT2D eigenvalue weighted by Gasteiger charge is -2.45. The molecule has 0 aromatic heterocycles. The lowest BCUT2D eigenvalue weighted by molar-refractivity contribution is 0.256. The van der Waals surface area contributed by atoms with Crippen molar-refractivity contribution < 1.29 is 0 Å². The van der Waals surface area contributed by atoms with Gasteiger partial charge < -0.3 is 4.90 Å². The van der Waals surface area contributed by atoms with E-state index in [1.165, 1.54) is 37.8 Å². The SMILES string of the molecule is Cc1cc2c3c(c1)CC(C)(C)CC(C)(C)N3CCC2. The van der Waals surface area contributed by atoms with E-state index in [0.29, 0.717) is 5.41 Å². The Hall–Kier alpha value is -0.980. The average Bonchev–Trinajstić information content (AvgIpc) is 2.31. The molecule has 0 radical (unpaired) electrons. The van der Waals surface area contributed by atoms with Crippen LogP contribution in [0, 0.1) is 12.3 Å². The van der Waals surface area contributed by atoms with E-state index < -0.39 is 0 Å². The van der Waals surface area contributed by atoms with Crippen molar-refractivity contribution in [3.63, 3.8) is 0 Å². The maximum atomic E-state index is 2.70. The predicted octanol–water partition coefficient (Wildman–Crippen LogP) is 4.50. The van der Waals surface area contributed by atoms with Crippen LogP contribution in [-0.4, -0.2) is 12.1 Å². The first-order valence-electron chi connectivity index (χ1n) is 7.69. The third-order valence-electron chi connectivity index (χ3n) is 4.82. The van der Waals surface area contributed by atoms with E-state index in [-0.39, 0.29) is 5.54 Å². The molecule has 1 aromatic rings. The van der Waals surface area contributed by atoms with Crippen molar-refractivity contribution in [3.8, 4) is 0 Å². The van der Waals surface area contributed by atoms with Crippen molar-refractivity contribution in [2.75, 3.05) is 11.4 Å². The number of aryl methyl sites for hydroxylation is 2. The summed E-state index contributed by atoms with van der Waals surface area (Å²) in [5, 5.41) is 0. The summed E-state index contributed by atoms with van der Waals surface area (Å²) in [6, 6.07) is 4.85. The number of hydrogen-bond acceptors (Lipinski definition) is 1. The van der Waals surface area contributed by atoms with E-state index in [2.05, 4.69) is 51.7 Å². The zero-order valence-electron chi connectivity index (χ0n) is 13.1. The molecule has 0 fully saturated rings. The van der Waals surface area contributed by atoms with Gasteiger partial charge in [-0.05, 0) is 63.0 Å². The highest BCUT2D eigenvalue weighted by Gasteiger charge is 2.40. The molecule has 0 spiro atoms. The quantitative estimate of drug-likeness (QED) is 0.661. The van der Waals surface area contributed by atoms with Crippen LogP contribution >= 0.6 is 0 Å². The summed E-state index contributed by atoms with van der Waals surface area (Å²) in [6.07, 6.45) is 5.06. The Balaban J connectivity index is 2.23. The Morgan fingerprint density at radius 3 is 2.47 bits per heavy atom. The molecule has 19 heavy (non-hydrogen) atoms. The molecule has 0 atom stereocenters. The van der Waals surface area contributed by atoms with Crippen molar-refractivity contribution >= 4 is 5.69 Å².